The number of likely N-dealkylation sites (tertiary alicyclic amines) is 1. The van der Waals surface area contributed by atoms with Crippen molar-refractivity contribution >= 4 is 12.2 Å². The summed E-state index contributed by atoms with van der Waals surface area (Å²) in [5, 5.41) is 11.2. The SMILES string of the molecule is COC(=O)N[C@H]1CCN(C(=O)O)C1. The molecule has 0 aromatic carbocycles. The van der Waals surface area contributed by atoms with Gasteiger partial charge in [-0.1, -0.05) is 0 Å². The Morgan fingerprint density at radius 1 is 1.62 bits per heavy atom. The molecular formula is C7H12N2O4. The monoisotopic (exact) mass is 188 g/mol. The molecule has 0 bridgehead atoms. The number of ether oxygens (including phenoxy) is 1. The summed E-state index contributed by atoms with van der Waals surface area (Å²) in [7, 11) is 1.28. The number of hydrogen-bond donors (Lipinski definition) is 2. The first kappa shape index (κ1) is 9.63. The van der Waals surface area contributed by atoms with Gasteiger partial charge in [-0.25, -0.2) is 9.59 Å². The number of carbonyl (C=O) groups is 2. The van der Waals surface area contributed by atoms with Gasteiger partial charge in [0.15, 0.2) is 0 Å². The molecule has 1 aliphatic rings. The molecule has 2 amide bonds. The summed E-state index contributed by atoms with van der Waals surface area (Å²) in [6, 6.07) is -0.122. The first-order chi connectivity index (χ1) is 6.13. The largest absolute Gasteiger partial charge is 0.465 e. The van der Waals surface area contributed by atoms with Crippen molar-refractivity contribution in [3.05, 3.63) is 0 Å². The molecule has 1 aliphatic heterocycles. The lowest BCUT2D eigenvalue weighted by atomic mass is 10.3. The van der Waals surface area contributed by atoms with Crippen molar-refractivity contribution in [1.82, 2.24) is 10.2 Å². The first-order valence-corrected chi connectivity index (χ1v) is 3.96. The standard InChI is InChI=1S/C7H12N2O4/c1-13-6(10)8-5-2-3-9(4-5)7(11)12/h5H,2-4H2,1H3,(H,8,10)(H,11,12)/t5-/m0/s1. The van der Waals surface area contributed by atoms with Crippen LogP contribution in [0.3, 0.4) is 0 Å². The Bertz CT molecular complexity index is 219. The van der Waals surface area contributed by atoms with Gasteiger partial charge in [-0.15, -0.1) is 0 Å². The molecule has 2 N–H and O–H groups in total. The van der Waals surface area contributed by atoms with Crippen LogP contribution in [0.5, 0.6) is 0 Å². The number of nitrogens with zero attached hydrogens (tertiary/aromatic N) is 1. The predicted octanol–water partition coefficient (Wildman–Crippen LogP) is 0.0947. The summed E-state index contributed by atoms with van der Waals surface area (Å²) in [5.41, 5.74) is 0. The first-order valence-electron chi connectivity index (χ1n) is 3.96. The lowest BCUT2D eigenvalue weighted by Crippen LogP contribution is -2.37. The highest BCUT2D eigenvalue weighted by atomic mass is 16.5. The molecule has 0 saturated carbocycles. The summed E-state index contributed by atoms with van der Waals surface area (Å²) in [6.07, 6.45) is -0.826. The molecule has 0 aromatic heterocycles. The van der Waals surface area contributed by atoms with Crippen LogP contribution in [-0.4, -0.2) is 48.4 Å². The predicted molar refractivity (Wildman–Crippen MR) is 43.5 cm³/mol. The number of hydrogen-bond acceptors (Lipinski definition) is 3. The van der Waals surface area contributed by atoms with E-state index in [1.54, 1.807) is 0 Å². The highest BCUT2D eigenvalue weighted by Crippen LogP contribution is 2.08. The number of nitrogens with one attached hydrogen (secondary N) is 1. The van der Waals surface area contributed by atoms with Crippen molar-refractivity contribution in [3.8, 4) is 0 Å². The van der Waals surface area contributed by atoms with E-state index in [0.29, 0.717) is 19.5 Å². The van der Waals surface area contributed by atoms with E-state index in [4.69, 9.17) is 5.11 Å². The van der Waals surface area contributed by atoms with E-state index in [-0.39, 0.29) is 6.04 Å². The van der Waals surface area contributed by atoms with Gasteiger partial charge >= 0.3 is 12.2 Å². The second kappa shape index (κ2) is 3.97. The molecule has 0 aliphatic carbocycles. The lowest BCUT2D eigenvalue weighted by molar-refractivity contribution is 0.151. The van der Waals surface area contributed by atoms with Gasteiger partial charge in [0.2, 0.25) is 0 Å². The Labute approximate surface area is 75.5 Å². The molecule has 13 heavy (non-hydrogen) atoms. The van der Waals surface area contributed by atoms with Gasteiger partial charge in [-0.05, 0) is 6.42 Å². The minimum Gasteiger partial charge on any atom is -0.465 e. The topological polar surface area (TPSA) is 78.9 Å². The Morgan fingerprint density at radius 3 is 2.77 bits per heavy atom. The molecule has 0 unspecified atom stereocenters. The van der Waals surface area contributed by atoms with Crippen molar-refractivity contribution in [2.45, 2.75) is 12.5 Å². The summed E-state index contributed by atoms with van der Waals surface area (Å²) in [6.45, 7) is 0.800. The molecule has 0 spiro atoms. The third-order valence-corrected chi connectivity index (χ3v) is 1.97. The highest BCUT2D eigenvalue weighted by molar-refractivity contribution is 5.68. The van der Waals surface area contributed by atoms with Crippen molar-refractivity contribution < 1.29 is 19.4 Å². The Kier molecular flexibility index (Phi) is 2.94. The molecule has 1 fully saturated rings. The Hall–Kier alpha value is -1.46. The fourth-order valence-corrected chi connectivity index (χ4v) is 1.28. The number of carboxylic acid groups (broad SMARTS) is 1. The maximum Gasteiger partial charge on any atom is 0.407 e. The Morgan fingerprint density at radius 2 is 2.31 bits per heavy atom. The number of amides is 2. The van der Waals surface area contributed by atoms with Gasteiger partial charge < -0.3 is 20.1 Å². The summed E-state index contributed by atoms with van der Waals surface area (Å²) in [5.74, 6) is 0. The second-order valence-corrected chi connectivity index (χ2v) is 2.85. The van der Waals surface area contributed by atoms with E-state index in [1.807, 2.05) is 0 Å². The lowest BCUT2D eigenvalue weighted by Gasteiger charge is -2.12. The van der Waals surface area contributed by atoms with Gasteiger partial charge in [-0.3, -0.25) is 0 Å². The zero-order valence-electron chi connectivity index (χ0n) is 7.32. The maximum absolute atomic E-state index is 10.7. The minimum atomic E-state index is -0.950. The summed E-state index contributed by atoms with van der Waals surface area (Å²) >= 11 is 0. The van der Waals surface area contributed by atoms with Crippen LogP contribution < -0.4 is 5.32 Å². The van der Waals surface area contributed by atoms with Crippen molar-refractivity contribution in [3.63, 3.8) is 0 Å². The molecule has 6 nitrogen and oxygen atoms in total. The quantitative estimate of drug-likeness (QED) is 0.611. The molecule has 6 heteroatoms. The average Bonchev–Trinajstić information content (AvgIpc) is 2.52. The summed E-state index contributed by atoms with van der Waals surface area (Å²) < 4.78 is 4.39. The fraction of sp³-hybridized carbons (Fsp3) is 0.714. The zero-order chi connectivity index (χ0) is 9.84. The molecule has 1 heterocycles. The smallest absolute Gasteiger partial charge is 0.407 e. The Balaban J connectivity index is 2.33. The number of carbonyl (C=O) groups excluding carboxylic acids is 1. The maximum atomic E-state index is 10.7. The van der Waals surface area contributed by atoms with Crippen LogP contribution in [0.15, 0.2) is 0 Å². The third kappa shape index (κ3) is 2.50. The highest BCUT2D eigenvalue weighted by Gasteiger charge is 2.26. The molecule has 1 rings (SSSR count). The normalized spacial score (nSPS) is 21.3. The molecule has 1 atom stereocenters. The van der Waals surface area contributed by atoms with E-state index in [2.05, 4.69) is 10.1 Å². The molecule has 0 aromatic rings. The van der Waals surface area contributed by atoms with Crippen LogP contribution in [0.4, 0.5) is 9.59 Å². The van der Waals surface area contributed by atoms with Crippen molar-refractivity contribution in [1.29, 1.82) is 0 Å². The second-order valence-electron chi connectivity index (χ2n) is 2.85. The van der Waals surface area contributed by atoms with Gasteiger partial charge in [0.1, 0.15) is 0 Å². The van der Waals surface area contributed by atoms with Gasteiger partial charge in [0.05, 0.1) is 13.2 Å². The summed E-state index contributed by atoms with van der Waals surface area (Å²) in [4.78, 5) is 22.5. The number of methoxy groups -OCH3 is 1. The van der Waals surface area contributed by atoms with Crippen molar-refractivity contribution in [2.24, 2.45) is 0 Å². The molecular weight excluding hydrogens is 176 g/mol. The number of rotatable bonds is 1. The van der Waals surface area contributed by atoms with Crippen LogP contribution in [0, 0.1) is 0 Å². The fourth-order valence-electron chi connectivity index (χ4n) is 1.28. The zero-order valence-corrected chi connectivity index (χ0v) is 7.32. The molecule has 74 valence electrons. The van der Waals surface area contributed by atoms with E-state index >= 15 is 0 Å². The van der Waals surface area contributed by atoms with Crippen molar-refractivity contribution in [2.75, 3.05) is 20.2 Å². The molecule has 0 radical (unpaired) electrons. The van der Waals surface area contributed by atoms with Crippen LogP contribution in [-0.2, 0) is 4.74 Å². The van der Waals surface area contributed by atoms with Crippen LogP contribution >= 0.6 is 0 Å². The van der Waals surface area contributed by atoms with E-state index in [9.17, 15) is 9.59 Å². The molecule has 1 saturated heterocycles. The third-order valence-electron chi connectivity index (χ3n) is 1.97. The van der Waals surface area contributed by atoms with Crippen LogP contribution in [0.1, 0.15) is 6.42 Å². The number of alkyl carbamates (subject to hydrolysis) is 1. The minimum absolute atomic E-state index is 0.122. The average molecular weight is 188 g/mol. The van der Waals surface area contributed by atoms with Gasteiger partial charge in [-0.2, -0.15) is 0 Å². The van der Waals surface area contributed by atoms with E-state index in [0.717, 1.165) is 0 Å². The van der Waals surface area contributed by atoms with E-state index in [1.165, 1.54) is 12.0 Å². The van der Waals surface area contributed by atoms with E-state index < -0.39 is 12.2 Å². The van der Waals surface area contributed by atoms with Gasteiger partial charge in [0.25, 0.3) is 0 Å². The van der Waals surface area contributed by atoms with Gasteiger partial charge in [0, 0.05) is 13.1 Å². The van der Waals surface area contributed by atoms with Crippen LogP contribution in [0.2, 0.25) is 0 Å². The van der Waals surface area contributed by atoms with Crippen LogP contribution in [0.25, 0.3) is 0 Å².